The minimum Gasteiger partial charge on any atom is -0.218 e. The molecule has 0 aliphatic heterocycles. The first-order valence-corrected chi connectivity index (χ1v) is 1.91. The number of aromatic amines is 1. The van der Waals surface area contributed by atoms with Gasteiger partial charge in [-0.05, 0) is 0 Å². The molecule has 7 heavy (non-hydrogen) atoms. The van der Waals surface area contributed by atoms with Crippen molar-refractivity contribution in [2.75, 3.05) is 0 Å². The Bertz CT molecular complexity index is 80.0. The second-order valence-electron chi connectivity index (χ2n) is 1.08. The molecule has 2 heteroatoms. The van der Waals surface area contributed by atoms with Crippen molar-refractivity contribution in [1.29, 1.82) is 0 Å². The molecule has 0 fully saturated rings. The van der Waals surface area contributed by atoms with Gasteiger partial charge in [0.05, 0.1) is 0 Å². The van der Waals surface area contributed by atoms with Crippen LogP contribution in [0, 0.1) is 0 Å². The molecule has 0 atom stereocenters. The molecule has 0 bridgehead atoms. The van der Waals surface area contributed by atoms with Crippen molar-refractivity contribution in [3.05, 3.63) is 30.6 Å². The summed E-state index contributed by atoms with van der Waals surface area (Å²) in [6, 6.07) is 5.86. The maximum Gasteiger partial charge on any atom is 1.00 e. The number of pyridine rings is 1. The summed E-state index contributed by atoms with van der Waals surface area (Å²) in [6.45, 7) is 0. The number of hydrogen-bond donors (Lipinski definition) is 0. The van der Waals surface area contributed by atoms with Crippen LogP contribution in [0.4, 0.5) is 0 Å². The molecule has 1 aromatic heterocycles. The van der Waals surface area contributed by atoms with Crippen molar-refractivity contribution in [1.82, 2.24) is 0 Å². The Morgan fingerprint density at radius 3 is 1.57 bits per heavy atom. The molecule has 0 aliphatic rings. The van der Waals surface area contributed by atoms with Gasteiger partial charge in [-0.1, -0.05) is 6.07 Å². The molecule has 30 valence electrons. The van der Waals surface area contributed by atoms with E-state index in [9.17, 15) is 0 Å². The Morgan fingerprint density at radius 2 is 1.43 bits per heavy atom. The summed E-state index contributed by atoms with van der Waals surface area (Å²) in [6.07, 6.45) is 3.75. The van der Waals surface area contributed by atoms with E-state index in [4.69, 9.17) is 0 Å². The molecule has 1 nitrogen and oxygen atoms in total. The Kier molecular flexibility index (Phi) is 3.78. The molecule has 1 N–H and O–H groups in total. The molecule has 0 saturated carbocycles. The molecule has 0 unspecified atom stereocenters. The van der Waals surface area contributed by atoms with E-state index in [0.717, 1.165) is 0 Å². The minimum absolute atomic E-state index is 0. The predicted octanol–water partition coefficient (Wildman–Crippen LogP) is -2.50. The van der Waals surface area contributed by atoms with E-state index in [2.05, 4.69) is 4.98 Å². The summed E-state index contributed by atoms with van der Waals surface area (Å²) in [4.78, 5) is 2.89. The van der Waals surface area contributed by atoms with Crippen LogP contribution in [0.25, 0.3) is 0 Å². The molecule has 1 heterocycles. The molecule has 0 aromatic carbocycles. The zero-order valence-electron chi connectivity index (χ0n) is 4.39. The smallest absolute Gasteiger partial charge is 0.218 e. The fourth-order valence-electron chi connectivity index (χ4n) is 0.342. The zero-order chi connectivity index (χ0) is 4.24. The molecule has 0 amide bonds. The van der Waals surface area contributed by atoms with Gasteiger partial charge in [0, 0.05) is 12.1 Å². The van der Waals surface area contributed by atoms with Gasteiger partial charge in [-0.25, -0.2) is 4.98 Å². The monoisotopic (exact) mass is 87.1 g/mol. The first-order valence-electron chi connectivity index (χ1n) is 1.91. The molecule has 0 aliphatic carbocycles. The Morgan fingerprint density at radius 1 is 0.857 bits per heavy atom. The molecular formula is C5H6LiN+2. The third-order valence-corrected chi connectivity index (χ3v) is 0.607. The number of rotatable bonds is 0. The number of nitrogens with one attached hydrogen (secondary N) is 1. The summed E-state index contributed by atoms with van der Waals surface area (Å²) in [5.41, 5.74) is 0. The largest absolute Gasteiger partial charge is 1.00 e. The Balaban J connectivity index is 0.000000360. The van der Waals surface area contributed by atoms with Gasteiger partial charge in [0.15, 0.2) is 12.4 Å². The van der Waals surface area contributed by atoms with Gasteiger partial charge >= 0.3 is 18.9 Å². The maximum atomic E-state index is 2.89. The average molecular weight is 87.1 g/mol. The van der Waals surface area contributed by atoms with Crippen molar-refractivity contribution in [3.8, 4) is 0 Å². The molecule has 0 saturated heterocycles. The third-order valence-electron chi connectivity index (χ3n) is 0.607. The van der Waals surface area contributed by atoms with Gasteiger partial charge in [-0.3, -0.25) is 0 Å². The summed E-state index contributed by atoms with van der Waals surface area (Å²) < 4.78 is 0. The quantitative estimate of drug-likeness (QED) is 0.311. The van der Waals surface area contributed by atoms with E-state index in [1.54, 1.807) is 0 Å². The normalized spacial score (nSPS) is 6.86. The van der Waals surface area contributed by atoms with Gasteiger partial charge in [0.25, 0.3) is 0 Å². The molecular weight excluding hydrogens is 81.0 g/mol. The molecule has 0 spiro atoms. The molecule has 1 rings (SSSR count). The Labute approximate surface area is 54.9 Å². The first kappa shape index (κ1) is 6.75. The van der Waals surface area contributed by atoms with Crippen LogP contribution in [-0.2, 0) is 0 Å². The van der Waals surface area contributed by atoms with E-state index in [0.29, 0.717) is 0 Å². The van der Waals surface area contributed by atoms with Crippen LogP contribution >= 0.6 is 0 Å². The van der Waals surface area contributed by atoms with Gasteiger partial charge in [0.1, 0.15) is 0 Å². The van der Waals surface area contributed by atoms with E-state index < -0.39 is 0 Å². The third kappa shape index (κ3) is 2.44. The van der Waals surface area contributed by atoms with Gasteiger partial charge < -0.3 is 0 Å². The number of H-pyrrole nitrogens is 1. The summed E-state index contributed by atoms with van der Waals surface area (Å²) in [5, 5.41) is 0. The van der Waals surface area contributed by atoms with E-state index in [-0.39, 0.29) is 18.9 Å². The van der Waals surface area contributed by atoms with Gasteiger partial charge in [-0.15, -0.1) is 0 Å². The zero-order valence-corrected chi connectivity index (χ0v) is 4.39. The second kappa shape index (κ2) is 3.92. The summed E-state index contributed by atoms with van der Waals surface area (Å²) >= 11 is 0. The van der Waals surface area contributed by atoms with Crippen LogP contribution in [-0.4, -0.2) is 0 Å². The van der Waals surface area contributed by atoms with Crippen molar-refractivity contribution < 1.29 is 23.8 Å². The van der Waals surface area contributed by atoms with Crippen LogP contribution < -0.4 is 23.8 Å². The maximum absolute atomic E-state index is 2.89. The minimum atomic E-state index is 0. The van der Waals surface area contributed by atoms with Gasteiger partial charge in [-0.2, -0.15) is 0 Å². The standard InChI is InChI=1S/C5H5N.Li/c1-2-4-6-5-3-1;/h1-5H;/q;+1/p+1. The van der Waals surface area contributed by atoms with E-state index in [1.165, 1.54) is 0 Å². The van der Waals surface area contributed by atoms with E-state index >= 15 is 0 Å². The number of hydrogen-bond acceptors (Lipinski definition) is 0. The van der Waals surface area contributed by atoms with Gasteiger partial charge in [0.2, 0.25) is 0 Å². The fraction of sp³-hybridized carbons (Fsp3) is 0. The SMILES string of the molecule is [Li+].c1cc[nH+]cc1. The number of aromatic nitrogens is 1. The van der Waals surface area contributed by atoms with Crippen LogP contribution in [0.1, 0.15) is 0 Å². The van der Waals surface area contributed by atoms with Crippen molar-refractivity contribution >= 4 is 0 Å². The fourth-order valence-corrected chi connectivity index (χ4v) is 0.342. The van der Waals surface area contributed by atoms with Crippen LogP contribution in [0.3, 0.4) is 0 Å². The Hall–Kier alpha value is -0.253. The van der Waals surface area contributed by atoms with Crippen LogP contribution in [0.5, 0.6) is 0 Å². The molecule has 0 radical (unpaired) electrons. The summed E-state index contributed by atoms with van der Waals surface area (Å²) in [5.74, 6) is 0. The van der Waals surface area contributed by atoms with Crippen LogP contribution in [0.15, 0.2) is 30.6 Å². The average Bonchev–Trinajstić information content (AvgIpc) is 1.72. The molecule has 1 aromatic rings. The van der Waals surface area contributed by atoms with Crippen molar-refractivity contribution in [2.24, 2.45) is 0 Å². The predicted molar refractivity (Wildman–Crippen MR) is 23.0 cm³/mol. The van der Waals surface area contributed by atoms with E-state index in [1.807, 2.05) is 30.6 Å². The topological polar surface area (TPSA) is 14.1 Å². The van der Waals surface area contributed by atoms with Crippen LogP contribution in [0.2, 0.25) is 0 Å². The second-order valence-corrected chi connectivity index (χ2v) is 1.08. The van der Waals surface area contributed by atoms with Crippen molar-refractivity contribution in [2.45, 2.75) is 0 Å². The van der Waals surface area contributed by atoms with Crippen molar-refractivity contribution in [3.63, 3.8) is 0 Å². The summed E-state index contributed by atoms with van der Waals surface area (Å²) in [7, 11) is 0. The first-order chi connectivity index (χ1) is 3.00.